The van der Waals surface area contributed by atoms with Crippen LogP contribution >= 0.6 is 0 Å². The minimum Gasteiger partial charge on any atom is -0.469 e. The third-order valence-corrected chi connectivity index (χ3v) is 3.13. The van der Waals surface area contributed by atoms with E-state index in [4.69, 9.17) is 14.2 Å². The van der Waals surface area contributed by atoms with Crippen LogP contribution in [0.1, 0.15) is 19.3 Å². The first-order valence-corrected chi connectivity index (χ1v) is 5.32. The second kappa shape index (κ2) is 5.84. The average molecular weight is 230 g/mol. The van der Waals surface area contributed by atoms with Crippen molar-refractivity contribution < 1.29 is 23.8 Å². The van der Waals surface area contributed by atoms with E-state index in [1.807, 2.05) is 0 Å². The monoisotopic (exact) mass is 230 g/mol. The van der Waals surface area contributed by atoms with E-state index >= 15 is 0 Å². The minimum atomic E-state index is -0.268. The van der Waals surface area contributed by atoms with Crippen molar-refractivity contribution in [3.05, 3.63) is 0 Å². The molecule has 1 rings (SSSR count). The predicted octanol–water partition coefficient (Wildman–Crippen LogP) is 0.764. The topological polar surface area (TPSA) is 61.8 Å². The lowest BCUT2D eigenvalue weighted by Gasteiger charge is -2.32. The van der Waals surface area contributed by atoms with Gasteiger partial charge in [-0.2, -0.15) is 0 Å². The number of esters is 2. The quantitative estimate of drug-likeness (QED) is 0.670. The van der Waals surface area contributed by atoms with Crippen LogP contribution < -0.4 is 0 Å². The molecule has 0 heterocycles. The number of carbonyl (C=O) groups is 2. The van der Waals surface area contributed by atoms with Crippen molar-refractivity contribution in [1.82, 2.24) is 0 Å². The third-order valence-electron chi connectivity index (χ3n) is 3.13. The van der Waals surface area contributed by atoms with Crippen LogP contribution in [0.25, 0.3) is 0 Å². The number of methoxy groups -OCH3 is 3. The molecule has 1 saturated carbocycles. The highest BCUT2D eigenvalue weighted by molar-refractivity contribution is 5.75. The second-order valence-electron chi connectivity index (χ2n) is 3.94. The van der Waals surface area contributed by atoms with Gasteiger partial charge in [0.15, 0.2) is 0 Å². The van der Waals surface area contributed by atoms with Gasteiger partial charge in [-0.3, -0.25) is 9.59 Å². The molecule has 5 heteroatoms. The van der Waals surface area contributed by atoms with Crippen molar-refractivity contribution in [3.8, 4) is 0 Å². The molecule has 0 unspecified atom stereocenters. The maximum absolute atomic E-state index is 11.5. The third kappa shape index (κ3) is 2.72. The lowest BCUT2D eigenvalue weighted by atomic mass is 9.79. The first-order chi connectivity index (χ1) is 7.63. The molecule has 0 spiro atoms. The fourth-order valence-electron chi connectivity index (χ4n) is 2.19. The maximum Gasteiger partial charge on any atom is 0.311 e. The number of hydrogen-bond donors (Lipinski definition) is 0. The summed E-state index contributed by atoms with van der Waals surface area (Å²) in [5.41, 5.74) is 0. The van der Waals surface area contributed by atoms with Crippen molar-refractivity contribution in [2.24, 2.45) is 11.8 Å². The Morgan fingerprint density at radius 1 is 1.00 bits per heavy atom. The molecule has 0 N–H and O–H groups in total. The van der Waals surface area contributed by atoms with Gasteiger partial charge in [0.1, 0.15) is 0 Å². The Kier molecular flexibility index (Phi) is 4.73. The van der Waals surface area contributed by atoms with Crippen LogP contribution in [0.15, 0.2) is 0 Å². The van der Waals surface area contributed by atoms with Gasteiger partial charge in [-0.1, -0.05) is 0 Å². The summed E-state index contributed by atoms with van der Waals surface area (Å²) < 4.78 is 14.6. The van der Waals surface area contributed by atoms with Crippen molar-refractivity contribution in [2.75, 3.05) is 21.3 Å². The van der Waals surface area contributed by atoms with E-state index in [0.717, 1.165) is 0 Å². The number of rotatable bonds is 3. The number of carbonyl (C=O) groups excluding carboxylic acids is 2. The molecule has 0 aromatic carbocycles. The lowest BCUT2D eigenvalue weighted by Crippen LogP contribution is -2.39. The molecular weight excluding hydrogens is 212 g/mol. The number of ether oxygens (including phenoxy) is 3. The molecule has 0 saturated heterocycles. The van der Waals surface area contributed by atoms with Crippen LogP contribution in [-0.2, 0) is 23.8 Å². The summed E-state index contributed by atoms with van der Waals surface area (Å²) in [5, 5.41) is 0. The van der Waals surface area contributed by atoms with Crippen molar-refractivity contribution in [3.63, 3.8) is 0 Å². The predicted molar refractivity (Wildman–Crippen MR) is 55.7 cm³/mol. The Hall–Kier alpha value is -1.10. The van der Waals surface area contributed by atoms with Crippen LogP contribution in [0, 0.1) is 11.8 Å². The van der Waals surface area contributed by atoms with Crippen LogP contribution in [0.4, 0.5) is 0 Å². The standard InChI is InChI=1S/C11H18O5/c1-14-9-6-7(10(12)15-2)4-5-8(9)11(13)16-3/h7-9H,4-6H2,1-3H3/t7-,8+,9+/m1/s1. The van der Waals surface area contributed by atoms with Crippen LogP contribution in [0.5, 0.6) is 0 Å². The molecule has 0 aliphatic heterocycles. The van der Waals surface area contributed by atoms with Gasteiger partial charge < -0.3 is 14.2 Å². The van der Waals surface area contributed by atoms with E-state index in [2.05, 4.69) is 0 Å². The van der Waals surface area contributed by atoms with Gasteiger partial charge in [0.05, 0.1) is 32.2 Å². The van der Waals surface area contributed by atoms with Gasteiger partial charge >= 0.3 is 11.9 Å². The van der Waals surface area contributed by atoms with E-state index in [1.54, 1.807) is 7.11 Å². The Morgan fingerprint density at radius 3 is 2.12 bits per heavy atom. The highest BCUT2D eigenvalue weighted by Crippen LogP contribution is 2.32. The van der Waals surface area contributed by atoms with Gasteiger partial charge in [-0.05, 0) is 19.3 Å². The molecule has 0 radical (unpaired) electrons. The van der Waals surface area contributed by atoms with Gasteiger partial charge in [0.2, 0.25) is 0 Å². The Balaban J connectivity index is 2.63. The summed E-state index contributed by atoms with van der Waals surface area (Å²) in [7, 11) is 4.28. The van der Waals surface area contributed by atoms with Gasteiger partial charge in [0.25, 0.3) is 0 Å². The first-order valence-electron chi connectivity index (χ1n) is 5.32. The highest BCUT2D eigenvalue weighted by atomic mass is 16.5. The second-order valence-corrected chi connectivity index (χ2v) is 3.94. The first kappa shape index (κ1) is 13.0. The molecule has 1 fully saturated rings. The Labute approximate surface area is 95.0 Å². The minimum absolute atomic E-state index is 0.171. The van der Waals surface area contributed by atoms with Crippen molar-refractivity contribution in [1.29, 1.82) is 0 Å². The normalized spacial score (nSPS) is 29.6. The Morgan fingerprint density at radius 2 is 1.62 bits per heavy atom. The zero-order chi connectivity index (χ0) is 12.1. The summed E-state index contributed by atoms with van der Waals surface area (Å²) >= 11 is 0. The zero-order valence-corrected chi connectivity index (χ0v) is 9.89. The fourth-order valence-corrected chi connectivity index (χ4v) is 2.19. The van der Waals surface area contributed by atoms with E-state index in [0.29, 0.717) is 19.3 Å². The lowest BCUT2D eigenvalue weighted by molar-refractivity contribution is -0.159. The van der Waals surface area contributed by atoms with Gasteiger partial charge in [-0.25, -0.2) is 0 Å². The smallest absolute Gasteiger partial charge is 0.311 e. The molecule has 0 amide bonds. The van der Waals surface area contributed by atoms with E-state index < -0.39 is 0 Å². The van der Waals surface area contributed by atoms with Crippen LogP contribution in [-0.4, -0.2) is 39.4 Å². The summed E-state index contributed by atoms with van der Waals surface area (Å²) in [6, 6.07) is 0. The average Bonchev–Trinajstić information content (AvgIpc) is 2.35. The molecule has 16 heavy (non-hydrogen) atoms. The van der Waals surface area contributed by atoms with Crippen LogP contribution in [0.2, 0.25) is 0 Å². The van der Waals surface area contributed by atoms with Crippen LogP contribution in [0.3, 0.4) is 0 Å². The molecule has 92 valence electrons. The maximum atomic E-state index is 11.5. The summed E-state index contributed by atoms with van der Waals surface area (Å²) in [4.78, 5) is 22.8. The van der Waals surface area contributed by atoms with E-state index in [1.165, 1.54) is 14.2 Å². The summed E-state index contributed by atoms with van der Waals surface area (Å²) in [5.74, 6) is -0.938. The van der Waals surface area contributed by atoms with E-state index in [-0.39, 0.29) is 29.9 Å². The van der Waals surface area contributed by atoms with E-state index in [9.17, 15) is 9.59 Å². The SMILES string of the molecule is COC(=O)[C@@H]1CC[C@H](C(=O)OC)[C@@H](OC)C1. The fraction of sp³-hybridized carbons (Fsp3) is 0.818. The van der Waals surface area contributed by atoms with Crippen molar-refractivity contribution >= 4 is 11.9 Å². The van der Waals surface area contributed by atoms with Crippen molar-refractivity contribution in [2.45, 2.75) is 25.4 Å². The van der Waals surface area contributed by atoms with Gasteiger partial charge in [-0.15, -0.1) is 0 Å². The number of hydrogen-bond acceptors (Lipinski definition) is 5. The summed E-state index contributed by atoms with van der Waals surface area (Å²) in [6.45, 7) is 0. The molecule has 0 aromatic heterocycles. The molecule has 1 aliphatic rings. The largest absolute Gasteiger partial charge is 0.469 e. The molecular formula is C11H18O5. The molecule has 1 aliphatic carbocycles. The molecule has 5 nitrogen and oxygen atoms in total. The molecule has 0 aromatic rings. The molecule has 0 bridgehead atoms. The van der Waals surface area contributed by atoms with Gasteiger partial charge in [0, 0.05) is 7.11 Å². The summed E-state index contributed by atoms with van der Waals surface area (Å²) in [6.07, 6.45) is 1.51. The zero-order valence-electron chi connectivity index (χ0n) is 9.89. The highest BCUT2D eigenvalue weighted by Gasteiger charge is 2.38. The molecule has 3 atom stereocenters. The Bertz CT molecular complexity index is 263.